The summed E-state index contributed by atoms with van der Waals surface area (Å²) in [4.78, 5) is 24.6. The molecule has 0 N–H and O–H groups in total. The Labute approximate surface area is 149 Å². The average molecular weight is 345 g/mol. The van der Waals surface area contributed by atoms with Gasteiger partial charge in [0.1, 0.15) is 17.6 Å². The summed E-state index contributed by atoms with van der Waals surface area (Å²) < 4.78 is 11.4. The molecule has 3 rings (SSSR count). The van der Waals surface area contributed by atoms with E-state index in [2.05, 4.69) is 0 Å². The number of carbonyl (C=O) groups excluding carboxylic acids is 2. The minimum atomic E-state index is -0.443. The molecule has 0 aromatic heterocycles. The van der Waals surface area contributed by atoms with Gasteiger partial charge in [0.2, 0.25) is 0 Å². The predicted molar refractivity (Wildman–Crippen MR) is 95.0 cm³/mol. The Kier molecular flexibility index (Phi) is 4.76. The van der Waals surface area contributed by atoms with E-state index in [0.29, 0.717) is 11.0 Å². The summed E-state index contributed by atoms with van der Waals surface area (Å²) in [5.74, 6) is 0.816. The maximum absolute atomic E-state index is 12.1. The highest BCUT2D eigenvalue weighted by Gasteiger charge is 2.47. The van der Waals surface area contributed by atoms with Gasteiger partial charge < -0.3 is 14.4 Å². The van der Waals surface area contributed by atoms with Crippen LogP contribution in [0.5, 0.6) is 5.75 Å². The number of amides is 1. The molecule has 1 aliphatic heterocycles. The van der Waals surface area contributed by atoms with Gasteiger partial charge in [0.15, 0.2) is 0 Å². The van der Waals surface area contributed by atoms with Crippen LogP contribution in [0.25, 0.3) is 0 Å². The van der Waals surface area contributed by atoms with Gasteiger partial charge in [0, 0.05) is 18.7 Å². The quantitative estimate of drug-likeness (QED) is 0.775. The maximum Gasteiger partial charge on any atom is 0.410 e. The zero-order chi connectivity index (χ0) is 18.1. The number of hydrogen-bond acceptors (Lipinski definition) is 4. The van der Waals surface area contributed by atoms with E-state index < -0.39 is 5.60 Å². The highest BCUT2D eigenvalue weighted by atomic mass is 16.6. The second-order valence-electron chi connectivity index (χ2n) is 8.30. The third-order valence-corrected chi connectivity index (χ3v) is 5.12. The van der Waals surface area contributed by atoms with Gasteiger partial charge >= 0.3 is 6.09 Å². The molecule has 1 aromatic carbocycles. The van der Waals surface area contributed by atoms with E-state index in [0.717, 1.165) is 50.8 Å². The minimum Gasteiger partial charge on any atom is -0.490 e. The van der Waals surface area contributed by atoms with Crippen LogP contribution in [0.2, 0.25) is 0 Å². The van der Waals surface area contributed by atoms with Gasteiger partial charge in [-0.05, 0) is 76.1 Å². The van der Waals surface area contributed by atoms with Crippen molar-refractivity contribution in [2.24, 2.45) is 5.41 Å². The number of hydrogen-bond donors (Lipinski definition) is 0. The number of likely N-dealkylation sites (tertiary alicyclic amines) is 1. The van der Waals surface area contributed by atoms with Crippen LogP contribution in [0, 0.1) is 5.41 Å². The van der Waals surface area contributed by atoms with Crippen LogP contribution in [0.15, 0.2) is 24.3 Å². The lowest BCUT2D eigenvalue weighted by molar-refractivity contribution is -0.0583. The standard InChI is InChI=1S/C20H27NO4/c1-19(2,3)25-18(23)21-10-8-20(9-11-21)12-17(13-20)24-16-6-4-15(14-22)5-7-16/h4-7,14,17H,8-13H2,1-3H3. The van der Waals surface area contributed by atoms with Gasteiger partial charge in [-0.2, -0.15) is 0 Å². The van der Waals surface area contributed by atoms with Crippen molar-refractivity contribution in [3.8, 4) is 5.75 Å². The summed E-state index contributed by atoms with van der Waals surface area (Å²) in [5.41, 5.74) is 0.527. The molecule has 1 heterocycles. The summed E-state index contributed by atoms with van der Waals surface area (Å²) in [6.45, 7) is 7.20. The molecule has 25 heavy (non-hydrogen) atoms. The number of nitrogens with zero attached hydrogens (tertiary/aromatic N) is 1. The third-order valence-electron chi connectivity index (χ3n) is 5.12. The van der Waals surface area contributed by atoms with Crippen molar-refractivity contribution < 1.29 is 19.1 Å². The highest BCUT2D eigenvalue weighted by Crippen LogP contribution is 2.50. The van der Waals surface area contributed by atoms with Gasteiger partial charge in [-0.25, -0.2) is 4.79 Å². The molecule has 1 saturated carbocycles. The van der Waals surface area contributed by atoms with Crippen molar-refractivity contribution in [2.45, 2.75) is 58.2 Å². The number of benzene rings is 1. The van der Waals surface area contributed by atoms with Gasteiger partial charge in [-0.3, -0.25) is 4.79 Å². The van der Waals surface area contributed by atoms with E-state index in [1.54, 1.807) is 12.1 Å². The Balaban J connectivity index is 1.45. The summed E-state index contributed by atoms with van der Waals surface area (Å²) in [6, 6.07) is 7.24. The van der Waals surface area contributed by atoms with Crippen molar-refractivity contribution in [3.05, 3.63) is 29.8 Å². The van der Waals surface area contributed by atoms with E-state index in [4.69, 9.17) is 9.47 Å². The first-order valence-electron chi connectivity index (χ1n) is 8.98. The van der Waals surface area contributed by atoms with Crippen molar-refractivity contribution in [1.82, 2.24) is 4.90 Å². The number of rotatable bonds is 3. The molecule has 2 aliphatic rings. The molecular formula is C20H27NO4. The van der Waals surface area contributed by atoms with E-state index in [9.17, 15) is 9.59 Å². The monoisotopic (exact) mass is 345 g/mol. The average Bonchev–Trinajstić information content (AvgIpc) is 2.53. The molecule has 1 spiro atoms. The molecule has 0 unspecified atom stereocenters. The Bertz CT molecular complexity index is 616. The Morgan fingerprint density at radius 1 is 1.16 bits per heavy atom. The predicted octanol–water partition coefficient (Wildman–Crippen LogP) is 4.06. The zero-order valence-corrected chi connectivity index (χ0v) is 15.3. The lowest BCUT2D eigenvalue weighted by Gasteiger charge is -2.51. The van der Waals surface area contributed by atoms with Crippen molar-refractivity contribution in [3.63, 3.8) is 0 Å². The maximum atomic E-state index is 12.1. The molecule has 5 heteroatoms. The number of piperidine rings is 1. The number of ether oxygens (including phenoxy) is 2. The van der Waals surface area contributed by atoms with Gasteiger partial charge in [0.25, 0.3) is 0 Å². The van der Waals surface area contributed by atoms with Crippen LogP contribution >= 0.6 is 0 Å². The zero-order valence-electron chi connectivity index (χ0n) is 15.3. The largest absolute Gasteiger partial charge is 0.490 e. The normalized spacial score (nSPS) is 20.0. The molecular weight excluding hydrogens is 318 g/mol. The van der Waals surface area contributed by atoms with Crippen LogP contribution in [-0.4, -0.2) is 42.1 Å². The fourth-order valence-corrected chi connectivity index (χ4v) is 3.71. The molecule has 5 nitrogen and oxygen atoms in total. The molecule has 1 aromatic rings. The summed E-state index contributed by atoms with van der Waals surface area (Å²) in [7, 11) is 0. The summed E-state index contributed by atoms with van der Waals surface area (Å²) >= 11 is 0. The molecule has 0 radical (unpaired) electrons. The topological polar surface area (TPSA) is 55.8 Å². The van der Waals surface area contributed by atoms with E-state index in [-0.39, 0.29) is 12.2 Å². The van der Waals surface area contributed by atoms with Crippen LogP contribution in [0.1, 0.15) is 56.8 Å². The second-order valence-corrected chi connectivity index (χ2v) is 8.30. The molecule has 2 fully saturated rings. The van der Waals surface area contributed by atoms with Crippen LogP contribution in [0.4, 0.5) is 4.79 Å². The Morgan fingerprint density at radius 2 is 1.76 bits per heavy atom. The van der Waals surface area contributed by atoms with Crippen LogP contribution < -0.4 is 4.74 Å². The SMILES string of the molecule is CC(C)(C)OC(=O)N1CCC2(CC1)CC(Oc1ccc(C=O)cc1)C2. The van der Waals surface area contributed by atoms with Gasteiger partial charge in [-0.1, -0.05) is 0 Å². The lowest BCUT2D eigenvalue weighted by atomic mass is 9.61. The molecule has 1 amide bonds. The first-order valence-corrected chi connectivity index (χ1v) is 8.98. The molecule has 0 bridgehead atoms. The Morgan fingerprint density at radius 3 is 2.28 bits per heavy atom. The fourth-order valence-electron chi connectivity index (χ4n) is 3.71. The number of carbonyl (C=O) groups is 2. The van der Waals surface area contributed by atoms with E-state index >= 15 is 0 Å². The molecule has 1 aliphatic carbocycles. The van der Waals surface area contributed by atoms with E-state index in [1.807, 2.05) is 37.8 Å². The summed E-state index contributed by atoms with van der Waals surface area (Å²) in [6.07, 6.45) is 4.95. The fraction of sp³-hybridized carbons (Fsp3) is 0.600. The molecule has 1 saturated heterocycles. The highest BCUT2D eigenvalue weighted by molar-refractivity contribution is 5.74. The van der Waals surface area contributed by atoms with E-state index in [1.165, 1.54) is 0 Å². The first kappa shape index (κ1) is 17.8. The minimum absolute atomic E-state index is 0.204. The van der Waals surface area contributed by atoms with Crippen LogP contribution in [0.3, 0.4) is 0 Å². The van der Waals surface area contributed by atoms with Crippen molar-refractivity contribution in [1.29, 1.82) is 0 Å². The Hall–Kier alpha value is -2.04. The van der Waals surface area contributed by atoms with Crippen molar-refractivity contribution >= 4 is 12.4 Å². The third kappa shape index (κ3) is 4.33. The number of aldehydes is 1. The van der Waals surface area contributed by atoms with Crippen molar-refractivity contribution in [2.75, 3.05) is 13.1 Å². The lowest BCUT2D eigenvalue weighted by Crippen LogP contribution is -2.52. The molecule has 136 valence electrons. The van der Waals surface area contributed by atoms with Gasteiger partial charge in [0.05, 0.1) is 6.10 Å². The van der Waals surface area contributed by atoms with Crippen LogP contribution in [-0.2, 0) is 4.74 Å². The summed E-state index contributed by atoms with van der Waals surface area (Å²) in [5, 5.41) is 0. The first-order chi connectivity index (χ1) is 11.8. The van der Waals surface area contributed by atoms with Gasteiger partial charge in [-0.15, -0.1) is 0 Å². The smallest absolute Gasteiger partial charge is 0.410 e. The second kappa shape index (κ2) is 6.70. The molecule has 0 atom stereocenters.